The van der Waals surface area contributed by atoms with Gasteiger partial charge < -0.3 is 13.9 Å². The number of aromatic nitrogens is 3. The molecular formula is C26H20N4O4. The van der Waals surface area contributed by atoms with Crippen LogP contribution < -0.4 is 14.8 Å². The lowest BCUT2D eigenvalue weighted by molar-refractivity contribution is 0.102. The molecule has 0 unspecified atom stereocenters. The number of anilines is 1. The first-order chi connectivity index (χ1) is 16.6. The molecular weight excluding hydrogens is 432 g/mol. The minimum atomic E-state index is -0.380. The largest absolute Gasteiger partial charge is 0.497 e. The van der Waals surface area contributed by atoms with Crippen molar-refractivity contribution in [1.29, 1.82) is 0 Å². The number of amides is 1. The Hall–Kier alpha value is -4.72. The molecule has 0 atom stereocenters. The summed E-state index contributed by atoms with van der Waals surface area (Å²) in [5, 5.41) is 11.5. The molecule has 2 aromatic heterocycles. The van der Waals surface area contributed by atoms with E-state index < -0.39 is 0 Å². The smallest absolute Gasteiger partial charge is 0.322 e. The van der Waals surface area contributed by atoms with Crippen LogP contribution in [0.15, 0.2) is 83.3 Å². The highest BCUT2D eigenvalue weighted by molar-refractivity contribution is 6.12. The van der Waals surface area contributed by atoms with Crippen LogP contribution >= 0.6 is 0 Å². The van der Waals surface area contributed by atoms with Gasteiger partial charge in [-0.05, 0) is 24.3 Å². The van der Waals surface area contributed by atoms with Crippen molar-refractivity contribution in [3.63, 3.8) is 0 Å². The number of ether oxygens (including phenoxy) is 2. The van der Waals surface area contributed by atoms with Gasteiger partial charge in [-0.3, -0.25) is 10.1 Å². The monoisotopic (exact) mass is 452 g/mol. The number of benzene rings is 3. The first-order valence-corrected chi connectivity index (χ1v) is 10.5. The summed E-state index contributed by atoms with van der Waals surface area (Å²) in [6.07, 6.45) is 0. The average Bonchev–Trinajstić information content (AvgIpc) is 3.36. The number of hydrogen-bond acceptors (Lipinski definition) is 7. The summed E-state index contributed by atoms with van der Waals surface area (Å²) in [4.78, 5) is 18.0. The molecule has 0 aliphatic heterocycles. The van der Waals surface area contributed by atoms with Crippen molar-refractivity contribution in [2.75, 3.05) is 19.5 Å². The fourth-order valence-electron chi connectivity index (χ4n) is 3.61. The molecule has 5 rings (SSSR count). The number of methoxy groups -OCH3 is 2. The van der Waals surface area contributed by atoms with Gasteiger partial charge in [-0.25, -0.2) is 4.98 Å². The van der Waals surface area contributed by atoms with Gasteiger partial charge in [0.2, 0.25) is 5.89 Å². The van der Waals surface area contributed by atoms with Gasteiger partial charge in [0.15, 0.2) is 0 Å². The topological polar surface area (TPSA) is 99.4 Å². The SMILES string of the molecule is COc1cc(OC)cc(-c2nnc(NC(=O)c3cc(-c4ccccc4)nc4ccccc34)o2)c1. The standard InChI is InChI=1S/C26H20N4O4/c1-32-18-12-17(13-19(14-18)33-2)25-29-30-26(34-25)28-24(31)21-15-23(16-8-4-3-5-9-16)27-22-11-7-6-10-20(21)22/h3-15H,1-2H3,(H,28,30,31). The van der Waals surface area contributed by atoms with E-state index in [1.165, 1.54) is 0 Å². The Balaban J connectivity index is 1.48. The Kier molecular flexibility index (Phi) is 5.61. The van der Waals surface area contributed by atoms with Crippen LogP contribution in [-0.4, -0.2) is 35.3 Å². The number of nitrogens with zero attached hydrogens (tertiary/aromatic N) is 3. The number of fused-ring (bicyclic) bond motifs is 1. The summed E-state index contributed by atoms with van der Waals surface area (Å²) in [6, 6.07) is 24.1. The molecule has 8 heteroatoms. The third-order valence-corrected chi connectivity index (χ3v) is 5.27. The summed E-state index contributed by atoms with van der Waals surface area (Å²) in [5.41, 5.74) is 3.37. The Labute approximate surface area is 195 Å². The lowest BCUT2D eigenvalue weighted by atomic mass is 10.0. The summed E-state index contributed by atoms with van der Waals surface area (Å²) in [7, 11) is 3.11. The molecule has 0 saturated carbocycles. The first-order valence-electron chi connectivity index (χ1n) is 10.5. The van der Waals surface area contributed by atoms with Gasteiger partial charge >= 0.3 is 6.01 Å². The van der Waals surface area contributed by atoms with Gasteiger partial charge in [0.1, 0.15) is 11.5 Å². The molecule has 0 aliphatic carbocycles. The minimum absolute atomic E-state index is 0.0241. The van der Waals surface area contributed by atoms with E-state index in [4.69, 9.17) is 18.9 Å². The molecule has 8 nitrogen and oxygen atoms in total. The molecule has 0 saturated heterocycles. The zero-order valence-corrected chi connectivity index (χ0v) is 18.5. The average molecular weight is 452 g/mol. The fourth-order valence-corrected chi connectivity index (χ4v) is 3.61. The maximum Gasteiger partial charge on any atom is 0.322 e. The second kappa shape index (κ2) is 9.03. The second-order valence-electron chi connectivity index (χ2n) is 7.41. The highest BCUT2D eigenvalue weighted by Gasteiger charge is 2.18. The molecule has 1 amide bonds. The molecule has 0 spiro atoms. The van der Waals surface area contributed by atoms with E-state index in [0.717, 1.165) is 10.9 Å². The fraction of sp³-hybridized carbons (Fsp3) is 0.0769. The normalized spacial score (nSPS) is 10.8. The molecule has 5 aromatic rings. The maximum atomic E-state index is 13.3. The third-order valence-electron chi connectivity index (χ3n) is 5.27. The zero-order chi connectivity index (χ0) is 23.5. The number of para-hydroxylation sites is 1. The molecule has 34 heavy (non-hydrogen) atoms. The lowest BCUT2D eigenvalue weighted by Crippen LogP contribution is -2.13. The van der Waals surface area contributed by atoms with Crippen LogP contribution in [0.25, 0.3) is 33.6 Å². The van der Waals surface area contributed by atoms with E-state index >= 15 is 0 Å². The predicted octanol–water partition coefficient (Wildman–Crippen LogP) is 5.22. The third kappa shape index (κ3) is 4.16. The molecule has 0 fully saturated rings. The zero-order valence-electron chi connectivity index (χ0n) is 18.5. The molecule has 0 radical (unpaired) electrons. The van der Waals surface area contributed by atoms with Crippen LogP contribution in [0, 0.1) is 0 Å². The van der Waals surface area contributed by atoms with E-state index in [9.17, 15) is 4.79 Å². The van der Waals surface area contributed by atoms with Crippen molar-refractivity contribution < 1.29 is 18.7 Å². The van der Waals surface area contributed by atoms with E-state index in [1.807, 2.05) is 54.6 Å². The van der Waals surface area contributed by atoms with Crippen molar-refractivity contribution in [3.8, 4) is 34.2 Å². The van der Waals surface area contributed by atoms with Crippen LogP contribution in [0.2, 0.25) is 0 Å². The summed E-state index contributed by atoms with van der Waals surface area (Å²) < 4.78 is 16.3. The van der Waals surface area contributed by atoms with Crippen LogP contribution in [0.5, 0.6) is 11.5 Å². The highest BCUT2D eigenvalue weighted by Crippen LogP contribution is 2.30. The van der Waals surface area contributed by atoms with Crippen LogP contribution in [0.4, 0.5) is 6.01 Å². The van der Waals surface area contributed by atoms with Crippen LogP contribution in [0.1, 0.15) is 10.4 Å². The number of carbonyl (C=O) groups excluding carboxylic acids is 1. The minimum Gasteiger partial charge on any atom is -0.497 e. The molecule has 0 bridgehead atoms. The number of rotatable bonds is 6. The predicted molar refractivity (Wildman–Crippen MR) is 128 cm³/mol. The van der Waals surface area contributed by atoms with Gasteiger partial charge in [0.25, 0.3) is 5.91 Å². The molecule has 168 valence electrons. The van der Waals surface area contributed by atoms with Gasteiger partial charge in [0.05, 0.1) is 31.0 Å². The van der Waals surface area contributed by atoms with Crippen molar-refractivity contribution in [1.82, 2.24) is 15.2 Å². The Morgan fingerprint density at radius 3 is 2.26 bits per heavy atom. The Bertz CT molecular complexity index is 1460. The van der Waals surface area contributed by atoms with E-state index in [0.29, 0.717) is 33.8 Å². The molecule has 2 heterocycles. The van der Waals surface area contributed by atoms with Crippen molar-refractivity contribution in [2.45, 2.75) is 0 Å². The van der Waals surface area contributed by atoms with Gasteiger partial charge in [-0.1, -0.05) is 53.6 Å². The van der Waals surface area contributed by atoms with Crippen LogP contribution in [0.3, 0.4) is 0 Å². The number of hydrogen-bond donors (Lipinski definition) is 1. The first kappa shape index (κ1) is 21.1. The summed E-state index contributed by atoms with van der Waals surface area (Å²) in [6.45, 7) is 0. The second-order valence-corrected chi connectivity index (χ2v) is 7.41. The lowest BCUT2D eigenvalue weighted by Gasteiger charge is -2.09. The highest BCUT2D eigenvalue weighted by atomic mass is 16.5. The number of carbonyl (C=O) groups is 1. The van der Waals surface area contributed by atoms with Crippen LogP contribution in [-0.2, 0) is 0 Å². The van der Waals surface area contributed by atoms with Crippen molar-refractivity contribution in [3.05, 3.63) is 84.4 Å². The van der Waals surface area contributed by atoms with Gasteiger partial charge in [-0.2, -0.15) is 0 Å². The van der Waals surface area contributed by atoms with Gasteiger partial charge in [0, 0.05) is 22.6 Å². The van der Waals surface area contributed by atoms with Crippen molar-refractivity contribution >= 4 is 22.8 Å². The van der Waals surface area contributed by atoms with E-state index in [1.54, 1.807) is 38.5 Å². The quantitative estimate of drug-likeness (QED) is 0.377. The molecule has 1 N–H and O–H groups in total. The van der Waals surface area contributed by atoms with E-state index in [2.05, 4.69) is 15.5 Å². The molecule has 0 aliphatic rings. The number of pyridine rings is 1. The Morgan fingerprint density at radius 1 is 0.824 bits per heavy atom. The Morgan fingerprint density at radius 2 is 1.53 bits per heavy atom. The number of nitrogens with one attached hydrogen (secondary N) is 1. The van der Waals surface area contributed by atoms with Gasteiger partial charge in [-0.15, -0.1) is 5.10 Å². The van der Waals surface area contributed by atoms with E-state index in [-0.39, 0.29) is 17.8 Å². The van der Waals surface area contributed by atoms with Crippen molar-refractivity contribution in [2.24, 2.45) is 0 Å². The summed E-state index contributed by atoms with van der Waals surface area (Å²) in [5.74, 6) is 0.996. The molecule has 3 aromatic carbocycles. The maximum absolute atomic E-state index is 13.3. The summed E-state index contributed by atoms with van der Waals surface area (Å²) >= 11 is 0.